The molecule has 1 atom stereocenters. The van der Waals surface area contributed by atoms with Crippen LogP contribution in [0.15, 0.2) is 51.1 Å². The van der Waals surface area contributed by atoms with Crippen LogP contribution >= 0.6 is 0 Å². The maximum absolute atomic E-state index is 13.3. The van der Waals surface area contributed by atoms with Crippen LogP contribution < -0.4 is 9.46 Å². The summed E-state index contributed by atoms with van der Waals surface area (Å²) in [5.74, 6) is -0.791. The SMILES string of the molecule is CS(=O)(=O)c1cc(S(C)(=O)=O)cc(S(=O)(=O)NC2CCCCc3c(OCC(=O)O)cccc32)c1. The first-order valence-corrected chi connectivity index (χ1v) is 15.5. The summed E-state index contributed by atoms with van der Waals surface area (Å²) in [4.78, 5) is 9.57. The molecule has 0 saturated heterocycles. The van der Waals surface area contributed by atoms with E-state index in [1.807, 2.05) is 0 Å². The fourth-order valence-corrected chi connectivity index (χ4v) is 6.67. The van der Waals surface area contributed by atoms with Gasteiger partial charge in [0.2, 0.25) is 10.0 Å². The average molecular weight is 532 g/mol. The Labute approximate surface area is 198 Å². The predicted octanol–water partition coefficient (Wildman–Crippen LogP) is 1.70. The Morgan fingerprint density at radius 2 is 1.56 bits per heavy atom. The van der Waals surface area contributed by atoms with Crippen LogP contribution in [0.5, 0.6) is 5.75 Å². The van der Waals surface area contributed by atoms with Crippen molar-refractivity contribution in [3.63, 3.8) is 0 Å². The second kappa shape index (κ2) is 9.64. The standard InChI is InChI=1S/C21H25NO9S3/c1-32(25,26)14-10-15(33(2,27)28)12-16(11-14)34(29,30)22-19-8-4-3-6-18-17(19)7-5-9-20(18)31-13-21(23)24/h5,7,9-12,19,22H,3-4,6,8,13H2,1-2H3,(H,23,24). The molecule has 1 aliphatic rings. The molecule has 0 bridgehead atoms. The molecule has 2 N–H and O–H groups in total. The highest BCUT2D eigenvalue weighted by Gasteiger charge is 2.28. The fraction of sp³-hybridized carbons (Fsp3) is 0.381. The Kier molecular flexibility index (Phi) is 7.41. The number of benzene rings is 2. The summed E-state index contributed by atoms with van der Waals surface area (Å²) in [5, 5.41) is 8.92. The van der Waals surface area contributed by atoms with Crippen LogP contribution in [0, 0.1) is 0 Å². The number of aliphatic carboxylic acids is 1. The summed E-state index contributed by atoms with van der Waals surface area (Å²) < 4.78 is 82.8. The minimum absolute atomic E-state index is 0.351. The molecular weight excluding hydrogens is 506 g/mol. The van der Waals surface area contributed by atoms with Crippen molar-refractivity contribution in [1.29, 1.82) is 0 Å². The molecule has 3 rings (SSSR count). The topological polar surface area (TPSA) is 161 Å². The Balaban J connectivity index is 2.05. The van der Waals surface area contributed by atoms with Crippen molar-refractivity contribution in [1.82, 2.24) is 4.72 Å². The van der Waals surface area contributed by atoms with E-state index in [9.17, 15) is 30.0 Å². The van der Waals surface area contributed by atoms with Gasteiger partial charge < -0.3 is 9.84 Å². The summed E-state index contributed by atoms with van der Waals surface area (Å²) >= 11 is 0. The Hall–Kier alpha value is -2.48. The molecule has 1 unspecified atom stereocenters. The van der Waals surface area contributed by atoms with Crippen molar-refractivity contribution >= 4 is 35.7 Å². The van der Waals surface area contributed by atoms with Crippen molar-refractivity contribution in [3.8, 4) is 5.75 Å². The number of carboxylic acids is 1. The van der Waals surface area contributed by atoms with Crippen LogP contribution in [0.2, 0.25) is 0 Å². The monoisotopic (exact) mass is 531 g/mol. The van der Waals surface area contributed by atoms with E-state index < -0.39 is 63.0 Å². The van der Waals surface area contributed by atoms with Crippen LogP contribution in [0.25, 0.3) is 0 Å². The van der Waals surface area contributed by atoms with E-state index in [4.69, 9.17) is 9.84 Å². The lowest BCUT2D eigenvalue weighted by atomic mass is 9.99. The zero-order valence-corrected chi connectivity index (χ0v) is 21.0. The van der Waals surface area contributed by atoms with Gasteiger partial charge in [-0.2, -0.15) is 0 Å². The number of hydrogen-bond acceptors (Lipinski definition) is 8. The molecule has 34 heavy (non-hydrogen) atoms. The number of fused-ring (bicyclic) bond motifs is 1. The molecule has 2 aromatic rings. The number of carbonyl (C=O) groups is 1. The fourth-order valence-electron chi connectivity index (χ4n) is 3.76. The van der Waals surface area contributed by atoms with Crippen molar-refractivity contribution in [2.75, 3.05) is 19.1 Å². The number of ether oxygens (including phenoxy) is 1. The van der Waals surface area contributed by atoms with E-state index >= 15 is 0 Å². The van der Waals surface area contributed by atoms with Gasteiger partial charge in [0, 0.05) is 18.6 Å². The van der Waals surface area contributed by atoms with Crippen LogP contribution in [0.1, 0.15) is 36.4 Å². The van der Waals surface area contributed by atoms with E-state index in [0.29, 0.717) is 36.1 Å². The summed E-state index contributed by atoms with van der Waals surface area (Å²) in [5.41, 5.74) is 1.31. The largest absolute Gasteiger partial charge is 0.482 e. The highest BCUT2D eigenvalue weighted by molar-refractivity contribution is 7.92. The number of hydrogen-bond donors (Lipinski definition) is 2. The van der Waals surface area contributed by atoms with Crippen LogP contribution in [0.4, 0.5) is 0 Å². The maximum atomic E-state index is 13.3. The van der Waals surface area contributed by atoms with Crippen molar-refractivity contribution in [2.45, 2.75) is 46.4 Å². The van der Waals surface area contributed by atoms with Gasteiger partial charge in [0.05, 0.1) is 14.7 Å². The number of sulfonamides is 1. The maximum Gasteiger partial charge on any atom is 0.341 e. The van der Waals surface area contributed by atoms with E-state index in [1.54, 1.807) is 18.2 Å². The van der Waals surface area contributed by atoms with Gasteiger partial charge in [0.1, 0.15) is 5.75 Å². The second-order valence-electron chi connectivity index (χ2n) is 8.11. The molecule has 2 aromatic carbocycles. The molecule has 1 aliphatic carbocycles. The number of rotatable bonds is 8. The van der Waals surface area contributed by atoms with Crippen LogP contribution in [-0.2, 0) is 40.9 Å². The Morgan fingerprint density at radius 3 is 2.12 bits per heavy atom. The van der Waals surface area contributed by atoms with Gasteiger partial charge in [-0.25, -0.2) is 34.8 Å². The summed E-state index contributed by atoms with van der Waals surface area (Å²) in [6, 6.07) is 7.04. The van der Waals surface area contributed by atoms with Crippen molar-refractivity contribution in [2.24, 2.45) is 0 Å². The normalized spacial score (nSPS) is 16.9. The third-order valence-corrected chi connectivity index (χ3v) is 9.02. The first-order chi connectivity index (χ1) is 15.7. The first kappa shape index (κ1) is 26.1. The molecule has 0 aliphatic heterocycles. The quantitative estimate of drug-likeness (QED) is 0.483. The third kappa shape index (κ3) is 6.14. The van der Waals surface area contributed by atoms with Crippen LogP contribution in [0.3, 0.4) is 0 Å². The number of sulfone groups is 2. The van der Waals surface area contributed by atoms with Gasteiger partial charge >= 0.3 is 5.97 Å². The lowest BCUT2D eigenvalue weighted by Gasteiger charge is -2.21. The summed E-state index contributed by atoms with van der Waals surface area (Å²) in [6.45, 7) is -0.542. The second-order valence-corrected chi connectivity index (χ2v) is 13.9. The molecule has 0 saturated carbocycles. The first-order valence-electron chi connectivity index (χ1n) is 10.2. The third-order valence-electron chi connectivity index (χ3n) is 5.38. The minimum atomic E-state index is -4.34. The number of carboxylic acid groups (broad SMARTS) is 1. The zero-order valence-electron chi connectivity index (χ0n) is 18.5. The van der Waals surface area contributed by atoms with E-state index in [0.717, 1.165) is 37.1 Å². The zero-order chi connectivity index (χ0) is 25.3. The van der Waals surface area contributed by atoms with Crippen LogP contribution in [-0.4, -0.2) is 55.4 Å². The van der Waals surface area contributed by atoms with Gasteiger partial charge in [0.25, 0.3) is 0 Å². The van der Waals surface area contributed by atoms with Crippen molar-refractivity contribution in [3.05, 3.63) is 47.5 Å². The molecule has 0 fully saturated rings. The lowest BCUT2D eigenvalue weighted by Crippen LogP contribution is -2.29. The van der Waals surface area contributed by atoms with Gasteiger partial charge in [-0.05, 0) is 54.7 Å². The smallest absolute Gasteiger partial charge is 0.341 e. The minimum Gasteiger partial charge on any atom is -0.482 e. The molecule has 13 heteroatoms. The van der Waals surface area contributed by atoms with Gasteiger partial charge in [-0.3, -0.25) is 0 Å². The van der Waals surface area contributed by atoms with E-state index in [1.165, 1.54) is 0 Å². The van der Waals surface area contributed by atoms with Gasteiger partial charge in [0.15, 0.2) is 26.3 Å². The van der Waals surface area contributed by atoms with Gasteiger partial charge in [-0.15, -0.1) is 0 Å². The molecule has 0 aromatic heterocycles. The molecule has 186 valence electrons. The highest BCUT2D eigenvalue weighted by atomic mass is 32.2. The Bertz CT molecular complexity index is 1380. The molecule has 0 spiro atoms. The summed E-state index contributed by atoms with van der Waals surface area (Å²) in [7, 11) is -12.1. The number of nitrogens with one attached hydrogen (secondary N) is 1. The molecular formula is C21H25NO9S3. The highest BCUT2D eigenvalue weighted by Crippen LogP contribution is 2.35. The van der Waals surface area contributed by atoms with E-state index in [-0.39, 0.29) is 0 Å². The van der Waals surface area contributed by atoms with E-state index in [2.05, 4.69) is 4.72 Å². The van der Waals surface area contributed by atoms with Crippen molar-refractivity contribution < 1.29 is 39.9 Å². The molecule has 0 radical (unpaired) electrons. The average Bonchev–Trinajstić information content (AvgIpc) is 2.93. The summed E-state index contributed by atoms with van der Waals surface area (Å²) in [6.07, 6.45) is 4.10. The molecule has 0 heterocycles. The molecule has 0 amide bonds. The Morgan fingerprint density at radius 1 is 0.971 bits per heavy atom. The van der Waals surface area contributed by atoms with Gasteiger partial charge in [-0.1, -0.05) is 18.6 Å². The molecule has 10 nitrogen and oxygen atoms in total. The predicted molar refractivity (Wildman–Crippen MR) is 123 cm³/mol. The lowest BCUT2D eigenvalue weighted by molar-refractivity contribution is -0.139.